The van der Waals surface area contributed by atoms with E-state index in [-0.39, 0.29) is 6.61 Å². The number of phenolic OH excluding ortho intramolecular Hbond substituents is 1. The summed E-state index contributed by atoms with van der Waals surface area (Å²) in [5, 5.41) is 23.9. The Kier molecular flexibility index (Phi) is 5.90. The average molecular weight is 357 g/mol. The number of hydrazone groups is 1. The van der Waals surface area contributed by atoms with Crippen LogP contribution in [0.2, 0.25) is 0 Å². The Bertz CT molecular complexity index is 877. The van der Waals surface area contributed by atoms with Crippen molar-refractivity contribution in [1.82, 2.24) is 5.43 Å². The smallest absolute Gasteiger partial charge is 0.310 e. The molecule has 0 radical (unpaired) electrons. The Hall–Kier alpha value is -3.42. The van der Waals surface area contributed by atoms with E-state index in [2.05, 4.69) is 10.5 Å². The Morgan fingerprint density at radius 1 is 1.27 bits per heavy atom. The standard InChI is InChI=1S/C18H19N3O5/c1-11-4-5-12(2)18(13(11)3)26-10-17(23)20-19-9-14-6-7-15(21(24)25)16(22)8-14/h4-9,22H,10H2,1-3H3,(H,20,23)/b19-9+. The van der Waals surface area contributed by atoms with Gasteiger partial charge in [0.05, 0.1) is 11.1 Å². The van der Waals surface area contributed by atoms with Crippen molar-refractivity contribution in [2.24, 2.45) is 5.10 Å². The average Bonchev–Trinajstić information content (AvgIpc) is 2.58. The number of nitro benzene ring substituents is 1. The predicted octanol–water partition coefficient (Wildman–Crippen LogP) is 2.75. The lowest BCUT2D eigenvalue weighted by Crippen LogP contribution is -2.25. The van der Waals surface area contributed by atoms with Gasteiger partial charge >= 0.3 is 5.69 Å². The molecule has 0 unspecified atom stereocenters. The topological polar surface area (TPSA) is 114 Å². The van der Waals surface area contributed by atoms with Crippen LogP contribution in [0.5, 0.6) is 11.5 Å². The zero-order chi connectivity index (χ0) is 19.3. The summed E-state index contributed by atoms with van der Waals surface area (Å²) in [6.45, 7) is 5.59. The molecule has 0 heterocycles. The number of carbonyl (C=O) groups excluding carboxylic acids is 1. The van der Waals surface area contributed by atoms with Gasteiger partial charge in [-0.15, -0.1) is 0 Å². The van der Waals surface area contributed by atoms with Crippen molar-refractivity contribution in [3.63, 3.8) is 0 Å². The number of nitro groups is 1. The highest BCUT2D eigenvalue weighted by Crippen LogP contribution is 2.26. The highest BCUT2D eigenvalue weighted by atomic mass is 16.6. The van der Waals surface area contributed by atoms with E-state index in [1.54, 1.807) is 0 Å². The van der Waals surface area contributed by atoms with Gasteiger partial charge in [-0.05, 0) is 55.2 Å². The number of nitrogens with zero attached hydrogens (tertiary/aromatic N) is 2. The molecule has 0 saturated heterocycles. The van der Waals surface area contributed by atoms with Crippen LogP contribution in [0.1, 0.15) is 22.3 Å². The molecular formula is C18H19N3O5. The van der Waals surface area contributed by atoms with Crippen LogP contribution in [0.25, 0.3) is 0 Å². The monoisotopic (exact) mass is 357 g/mol. The molecule has 0 saturated carbocycles. The first-order valence-electron chi connectivity index (χ1n) is 7.78. The SMILES string of the molecule is Cc1ccc(C)c(OCC(=O)N/N=C/c2ccc([N+](=O)[O-])c(O)c2)c1C. The van der Waals surface area contributed by atoms with Crippen molar-refractivity contribution in [2.75, 3.05) is 6.61 Å². The van der Waals surface area contributed by atoms with Crippen molar-refractivity contribution < 1.29 is 19.6 Å². The lowest BCUT2D eigenvalue weighted by atomic mass is 10.1. The largest absolute Gasteiger partial charge is 0.502 e. The summed E-state index contributed by atoms with van der Waals surface area (Å²) in [4.78, 5) is 21.8. The maximum atomic E-state index is 11.8. The summed E-state index contributed by atoms with van der Waals surface area (Å²) in [7, 11) is 0. The van der Waals surface area contributed by atoms with Gasteiger partial charge < -0.3 is 9.84 Å². The zero-order valence-electron chi connectivity index (χ0n) is 14.6. The molecule has 26 heavy (non-hydrogen) atoms. The molecule has 8 heteroatoms. The van der Waals surface area contributed by atoms with Crippen LogP contribution in [0, 0.1) is 30.9 Å². The minimum atomic E-state index is -0.690. The number of nitrogens with one attached hydrogen (secondary N) is 1. The van der Waals surface area contributed by atoms with E-state index in [1.807, 2.05) is 32.9 Å². The third-order valence-electron chi connectivity index (χ3n) is 3.82. The number of aryl methyl sites for hydroxylation is 2. The van der Waals surface area contributed by atoms with E-state index in [0.717, 1.165) is 22.8 Å². The fourth-order valence-corrected chi connectivity index (χ4v) is 2.27. The number of ether oxygens (including phenoxy) is 1. The van der Waals surface area contributed by atoms with Gasteiger partial charge in [0.2, 0.25) is 0 Å². The third-order valence-corrected chi connectivity index (χ3v) is 3.82. The van der Waals surface area contributed by atoms with Crippen LogP contribution in [0.15, 0.2) is 35.4 Å². The highest BCUT2D eigenvalue weighted by Gasteiger charge is 2.12. The minimum absolute atomic E-state index is 0.200. The molecule has 0 aliphatic rings. The lowest BCUT2D eigenvalue weighted by molar-refractivity contribution is -0.385. The molecule has 0 aliphatic carbocycles. The third kappa shape index (κ3) is 4.56. The molecule has 0 fully saturated rings. The summed E-state index contributed by atoms with van der Waals surface area (Å²) in [5.41, 5.74) is 5.29. The lowest BCUT2D eigenvalue weighted by Gasteiger charge is -2.13. The van der Waals surface area contributed by atoms with E-state index in [1.165, 1.54) is 18.3 Å². The second-order valence-corrected chi connectivity index (χ2v) is 5.74. The first-order chi connectivity index (χ1) is 12.3. The first kappa shape index (κ1) is 18.9. The molecule has 2 aromatic carbocycles. The van der Waals surface area contributed by atoms with E-state index in [0.29, 0.717) is 11.3 Å². The van der Waals surface area contributed by atoms with Gasteiger partial charge in [0, 0.05) is 6.07 Å². The van der Waals surface area contributed by atoms with Gasteiger partial charge in [0.15, 0.2) is 12.4 Å². The van der Waals surface area contributed by atoms with Crippen LogP contribution in [0.3, 0.4) is 0 Å². The molecule has 136 valence electrons. The van der Waals surface area contributed by atoms with E-state index < -0.39 is 22.3 Å². The van der Waals surface area contributed by atoms with Gasteiger partial charge in [-0.3, -0.25) is 14.9 Å². The normalized spacial score (nSPS) is 10.7. The summed E-state index contributed by atoms with van der Waals surface area (Å²) in [6.07, 6.45) is 1.27. The van der Waals surface area contributed by atoms with Gasteiger partial charge in [0.25, 0.3) is 5.91 Å². The Labute approximate surface area is 150 Å². The molecule has 0 bridgehead atoms. The number of hydrogen-bond donors (Lipinski definition) is 2. The first-order valence-corrected chi connectivity index (χ1v) is 7.78. The zero-order valence-corrected chi connectivity index (χ0v) is 14.6. The molecule has 0 aliphatic heterocycles. The summed E-state index contributed by atoms with van der Waals surface area (Å²) in [5.74, 6) is -0.254. The van der Waals surface area contributed by atoms with Crippen LogP contribution in [-0.4, -0.2) is 28.8 Å². The Morgan fingerprint density at radius 3 is 2.62 bits per heavy atom. The van der Waals surface area contributed by atoms with Gasteiger partial charge in [-0.25, -0.2) is 5.43 Å². The quantitative estimate of drug-likeness (QED) is 0.469. The van der Waals surface area contributed by atoms with E-state index in [4.69, 9.17) is 4.74 Å². The molecule has 1 amide bonds. The fraction of sp³-hybridized carbons (Fsp3) is 0.222. The Morgan fingerprint density at radius 2 is 1.96 bits per heavy atom. The van der Waals surface area contributed by atoms with Crippen molar-refractivity contribution in [2.45, 2.75) is 20.8 Å². The molecule has 0 atom stereocenters. The molecule has 2 aromatic rings. The number of phenols is 1. The Balaban J connectivity index is 1.93. The van der Waals surface area contributed by atoms with Gasteiger partial charge in [0.1, 0.15) is 5.75 Å². The molecule has 0 spiro atoms. The maximum Gasteiger partial charge on any atom is 0.310 e. The number of aromatic hydroxyl groups is 1. The number of carbonyl (C=O) groups is 1. The van der Waals surface area contributed by atoms with E-state index >= 15 is 0 Å². The van der Waals surface area contributed by atoms with E-state index in [9.17, 15) is 20.0 Å². The number of amides is 1. The second-order valence-electron chi connectivity index (χ2n) is 5.74. The molecule has 0 aromatic heterocycles. The fourth-order valence-electron chi connectivity index (χ4n) is 2.27. The highest BCUT2D eigenvalue weighted by molar-refractivity contribution is 5.84. The van der Waals surface area contributed by atoms with Gasteiger partial charge in [-0.1, -0.05) is 12.1 Å². The maximum absolute atomic E-state index is 11.8. The minimum Gasteiger partial charge on any atom is -0.502 e. The number of rotatable bonds is 6. The summed E-state index contributed by atoms with van der Waals surface area (Å²) < 4.78 is 5.57. The van der Waals surface area contributed by atoms with Crippen molar-refractivity contribution >= 4 is 17.8 Å². The van der Waals surface area contributed by atoms with Crippen molar-refractivity contribution in [3.8, 4) is 11.5 Å². The molecule has 2 rings (SSSR count). The summed E-state index contributed by atoms with van der Waals surface area (Å²) in [6, 6.07) is 7.66. The van der Waals surface area contributed by atoms with Crippen molar-refractivity contribution in [3.05, 3.63) is 62.7 Å². The summed E-state index contributed by atoms with van der Waals surface area (Å²) >= 11 is 0. The van der Waals surface area contributed by atoms with Crippen LogP contribution >= 0.6 is 0 Å². The number of hydrogen-bond acceptors (Lipinski definition) is 6. The van der Waals surface area contributed by atoms with Crippen LogP contribution in [0.4, 0.5) is 5.69 Å². The van der Waals surface area contributed by atoms with Crippen LogP contribution in [-0.2, 0) is 4.79 Å². The van der Waals surface area contributed by atoms with Crippen LogP contribution < -0.4 is 10.2 Å². The van der Waals surface area contributed by atoms with Crippen molar-refractivity contribution in [1.29, 1.82) is 0 Å². The molecule has 2 N–H and O–H groups in total. The molecular weight excluding hydrogens is 338 g/mol. The number of benzene rings is 2. The second kappa shape index (κ2) is 8.11. The molecule has 8 nitrogen and oxygen atoms in total. The van der Waals surface area contributed by atoms with Gasteiger partial charge in [-0.2, -0.15) is 5.10 Å². The predicted molar refractivity (Wildman–Crippen MR) is 96.6 cm³/mol.